The Kier molecular flexibility index (Phi) is 4.37. The number of imidazole rings is 1. The van der Waals surface area contributed by atoms with Crippen LogP contribution in [0.25, 0.3) is 33.9 Å². The molecule has 0 amide bonds. The van der Waals surface area contributed by atoms with Crippen molar-refractivity contribution in [2.75, 3.05) is 0 Å². The molecule has 132 valence electrons. The Morgan fingerprint density at radius 3 is 2.37 bits per heavy atom. The molecular weight excluding hydrogens is 340 g/mol. The Morgan fingerprint density at radius 2 is 1.67 bits per heavy atom. The van der Waals surface area contributed by atoms with E-state index in [1.54, 1.807) is 24.5 Å². The Morgan fingerprint density at radius 1 is 0.889 bits per heavy atom. The van der Waals surface area contributed by atoms with Crippen molar-refractivity contribution in [3.63, 3.8) is 0 Å². The molecule has 6 nitrogen and oxygen atoms in total. The van der Waals surface area contributed by atoms with Gasteiger partial charge in [-0.15, -0.1) is 0 Å². The number of oxime groups is 1. The number of pyridine rings is 1. The number of hydrogen-bond acceptors (Lipinski definition) is 5. The molecule has 0 radical (unpaired) electrons. The average Bonchev–Trinajstić information content (AvgIpc) is 3.16. The molecule has 0 saturated heterocycles. The van der Waals surface area contributed by atoms with Crippen LogP contribution < -0.4 is 0 Å². The van der Waals surface area contributed by atoms with Crippen LogP contribution in [0.4, 0.5) is 0 Å². The first-order valence-electron chi connectivity index (χ1n) is 8.33. The van der Waals surface area contributed by atoms with E-state index in [0.717, 1.165) is 28.2 Å². The second-order valence-corrected chi connectivity index (χ2v) is 5.93. The molecule has 0 unspecified atom stereocenters. The van der Waals surface area contributed by atoms with E-state index in [2.05, 4.69) is 15.1 Å². The van der Waals surface area contributed by atoms with Crippen LogP contribution in [0.2, 0.25) is 0 Å². The Bertz CT molecular complexity index is 1090. The second-order valence-electron chi connectivity index (χ2n) is 5.93. The molecule has 0 bridgehead atoms. The molecule has 2 heterocycles. The van der Waals surface area contributed by atoms with Crippen LogP contribution in [-0.2, 0) is 0 Å². The van der Waals surface area contributed by atoms with E-state index in [4.69, 9.17) is 10.2 Å². The molecule has 4 rings (SSSR count). The minimum absolute atomic E-state index is 0.00948. The van der Waals surface area contributed by atoms with E-state index >= 15 is 0 Å². The van der Waals surface area contributed by atoms with Gasteiger partial charge in [0.1, 0.15) is 11.6 Å². The summed E-state index contributed by atoms with van der Waals surface area (Å²) < 4.78 is 0. The van der Waals surface area contributed by atoms with E-state index in [0.29, 0.717) is 11.3 Å². The van der Waals surface area contributed by atoms with E-state index < -0.39 is 0 Å². The van der Waals surface area contributed by atoms with Crippen LogP contribution in [0, 0.1) is 0 Å². The number of aromatic hydroxyl groups is 1. The standard InChI is InChI=1S/C21H16N4O2/c26-18-12-16(6-7-17(18)13-23-27)20-19(14-8-10-22-11-9-14)24-21(25-20)15-4-2-1-3-5-15/h1-13,26-27H,(H,24,25)/b23-13+. The fraction of sp³-hybridized carbons (Fsp3) is 0. The summed E-state index contributed by atoms with van der Waals surface area (Å²) in [6.07, 6.45) is 4.63. The monoisotopic (exact) mass is 356 g/mol. The maximum absolute atomic E-state index is 10.2. The fourth-order valence-corrected chi connectivity index (χ4v) is 2.90. The Labute approximate surface area is 155 Å². The summed E-state index contributed by atoms with van der Waals surface area (Å²) in [5.74, 6) is 0.744. The SMILES string of the molecule is O/N=C/c1ccc(-c2nc(-c3ccccc3)[nH]c2-c2ccncc2)cc1O. The van der Waals surface area contributed by atoms with Gasteiger partial charge in [0.25, 0.3) is 0 Å². The van der Waals surface area contributed by atoms with Gasteiger partial charge in [0.05, 0.1) is 17.6 Å². The predicted octanol–water partition coefficient (Wildman–Crippen LogP) is 4.32. The minimum Gasteiger partial charge on any atom is -0.507 e. The van der Waals surface area contributed by atoms with Crippen LogP contribution in [0.1, 0.15) is 5.56 Å². The van der Waals surface area contributed by atoms with Crippen molar-refractivity contribution >= 4 is 6.21 Å². The van der Waals surface area contributed by atoms with Gasteiger partial charge in [0.15, 0.2) is 0 Å². The first kappa shape index (κ1) is 16.5. The van der Waals surface area contributed by atoms with E-state index in [1.807, 2.05) is 48.5 Å². The summed E-state index contributed by atoms with van der Waals surface area (Å²) in [7, 11) is 0. The maximum Gasteiger partial charge on any atom is 0.138 e. The number of phenolic OH excluding ortho intramolecular Hbond substituents is 1. The lowest BCUT2D eigenvalue weighted by Crippen LogP contribution is -1.87. The van der Waals surface area contributed by atoms with Crippen LogP contribution >= 0.6 is 0 Å². The van der Waals surface area contributed by atoms with Gasteiger partial charge in [0.2, 0.25) is 0 Å². The van der Waals surface area contributed by atoms with Gasteiger partial charge in [-0.05, 0) is 24.3 Å². The number of hydrogen-bond donors (Lipinski definition) is 3. The minimum atomic E-state index is 0.00948. The number of H-pyrrole nitrogens is 1. The number of phenols is 1. The van der Waals surface area contributed by atoms with Crippen molar-refractivity contribution in [3.05, 3.63) is 78.6 Å². The number of rotatable bonds is 4. The number of benzene rings is 2. The highest BCUT2D eigenvalue weighted by molar-refractivity contribution is 5.87. The highest BCUT2D eigenvalue weighted by Gasteiger charge is 2.16. The smallest absolute Gasteiger partial charge is 0.138 e. The molecule has 0 fully saturated rings. The Hall–Kier alpha value is -3.93. The van der Waals surface area contributed by atoms with Gasteiger partial charge in [-0.25, -0.2) is 4.98 Å². The van der Waals surface area contributed by atoms with Crippen molar-refractivity contribution in [1.29, 1.82) is 0 Å². The number of nitrogens with one attached hydrogen (secondary N) is 1. The normalized spacial score (nSPS) is 11.1. The van der Waals surface area contributed by atoms with E-state index in [9.17, 15) is 5.11 Å². The zero-order valence-corrected chi connectivity index (χ0v) is 14.2. The third-order valence-electron chi connectivity index (χ3n) is 4.22. The molecule has 0 atom stereocenters. The summed E-state index contributed by atoms with van der Waals surface area (Å²) in [4.78, 5) is 12.2. The van der Waals surface area contributed by atoms with Gasteiger partial charge >= 0.3 is 0 Å². The van der Waals surface area contributed by atoms with Crippen LogP contribution in [0.3, 0.4) is 0 Å². The highest BCUT2D eigenvalue weighted by atomic mass is 16.4. The second kappa shape index (κ2) is 7.13. The van der Waals surface area contributed by atoms with E-state index in [1.165, 1.54) is 6.21 Å². The third-order valence-corrected chi connectivity index (χ3v) is 4.22. The maximum atomic E-state index is 10.2. The van der Waals surface area contributed by atoms with E-state index in [-0.39, 0.29) is 5.75 Å². The van der Waals surface area contributed by atoms with Gasteiger partial charge in [-0.1, -0.05) is 41.6 Å². The van der Waals surface area contributed by atoms with Crippen LogP contribution in [-0.4, -0.2) is 31.5 Å². The largest absolute Gasteiger partial charge is 0.507 e. The quantitative estimate of drug-likeness (QED) is 0.288. The molecule has 2 aromatic carbocycles. The third kappa shape index (κ3) is 3.28. The number of aromatic nitrogens is 3. The summed E-state index contributed by atoms with van der Waals surface area (Å²) >= 11 is 0. The van der Waals surface area contributed by atoms with Gasteiger partial charge in [-0.2, -0.15) is 0 Å². The molecule has 0 aliphatic rings. The molecule has 6 heteroatoms. The number of aromatic amines is 1. The Balaban J connectivity index is 1.88. The molecule has 0 spiro atoms. The number of nitrogens with zero attached hydrogens (tertiary/aromatic N) is 3. The fourth-order valence-electron chi connectivity index (χ4n) is 2.90. The zero-order chi connectivity index (χ0) is 18.6. The van der Waals surface area contributed by atoms with Gasteiger partial charge in [-0.3, -0.25) is 4.98 Å². The van der Waals surface area contributed by atoms with Crippen LogP contribution in [0.5, 0.6) is 5.75 Å². The zero-order valence-electron chi connectivity index (χ0n) is 14.2. The molecule has 2 aromatic heterocycles. The van der Waals surface area contributed by atoms with Crippen molar-refractivity contribution in [1.82, 2.24) is 15.0 Å². The van der Waals surface area contributed by atoms with Crippen molar-refractivity contribution in [2.45, 2.75) is 0 Å². The van der Waals surface area contributed by atoms with Crippen molar-refractivity contribution < 1.29 is 10.3 Å². The van der Waals surface area contributed by atoms with Gasteiger partial charge in [0, 0.05) is 34.6 Å². The van der Waals surface area contributed by atoms with Crippen molar-refractivity contribution in [3.8, 4) is 39.7 Å². The lowest BCUT2D eigenvalue weighted by molar-refractivity contribution is 0.321. The lowest BCUT2D eigenvalue weighted by atomic mass is 10.0. The highest BCUT2D eigenvalue weighted by Crippen LogP contribution is 2.34. The molecule has 27 heavy (non-hydrogen) atoms. The first-order valence-corrected chi connectivity index (χ1v) is 8.33. The molecule has 0 aliphatic carbocycles. The van der Waals surface area contributed by atoms with Gasteiger partial charge < -0.3 is 15.3 Å². The average molecular weight is 356 g/mol. The van der Waals surface area contributed by atoms with Crippen LogP contribution in [0.15, 0.2) is 78.2 Å². The molecular formula is C21H16N4O2. The molecule has 4 aromatic rings. The molecule has 0 aliphatic heterocycles. The topological polar surface area (TPSA) is 94.4 Å². The predicted molar refractivity (Wildman–Crippen MR) is 104 cm³/mol. The summed E-state index contributed by atoms with van der Waals surface area (Å²) in [5.41, 5.74) is 4.61. The summed E-state index contributed by atoms with van der Waals surface area (Å²) in [5, 5.41) is 21.9. The summed E-state index contributed by atoms with van der Waals surface area (Å²) in [6.45, 7) is 0. The lowest BCUT2D eigenvalue weighted by Gasteiger charge is -2.05. The molecule has 0 saturated carbocycles. The van der Waals surface area contributed by atoms with Crippen molar-refractivity contribution in [2.24, 2.45) is 5.16 Å². The summed E-state index contributed by atoms with van der Waals surface area (Å²) in [6, 6.07) is 18.7. The first-order chi connectivity index (χ1) is 13.3. The molecule has 3 N–H and O–H groups in total.